The molecule has 1 aliphatic rings. The zero-order valence-electron chi connectivity index (χ0n) is 9.81. The molecule has 0 saturated heterocycles. The lowest BCUT2D eigenvalue weighted by Gasteiger charge is -2.18. The van der Waals surface area contributed by atoms with E-state index < -0.39 is 0 Å². The zero-order chi connectivity index (χ0) is 11.2. The summed E-state index contributed by atoms with van der Waals surface area (Å²) in [5.74, 6) is 1.59. The molecule has 5 nitrogen and oxygen atoms in total. The van der Waals surface area contributed by atoms with E-state index in [4.69, 9.17) is 5.73 Å². The van der Waals surface area contributed by atoms with Crippen molar-refractivity contribution in [3.8, 4) is 0 Å². The Bertz CT molecular complexity index is 301. The number of rotatable bonds is 3. The molecule has 0 amide bonds. The van der Waals surface area contributed by atoms with Crippen LogP contribution in [-0.2, 0) is 6.54 Å². The maximum Gasteiger partial charge on any atom is 0.154 e. The predicted molar refractivity (Wildman–Crippen MR) is 61.9 cm³/mol. The first-order valence-corrected chi connectivity index (χ1v) is 6.38. The van der Waals surface area contributed by atoms with Crippen LogP contribution in [0.3, 0.4) is 0 Å². The van der Waals surface area contributed by atoms with Crippen LogP contribution in [0.15, 0.2) is 0 Å². The van der Waals surface area contributed by atoms with Crippen molar-refractivity contribution in [3.63, 3.8) is 0 Å². The highest BCUT2D eigenvalue weighted by atomic mass is 15.5. The Morgan fingerprint density at radius 3 is 2.50 bits per heavy atom. The summed E-state index contributed by atoms with van der Waals surface area (Å²) in [7, 11) is 0. The Morgan fingerprint density at radius 2 is 1.81 bits per heavy atom. The predicted octanol–water partition coefficient (Wildman–Crippen LogP) is 1.46. The van der Waals surface area contributed by atoms with Crippen LogP contribution in [0.4, 0.5) is 0 Å². The van der Waals surface area contributed by atoms with Gasteiger partial charge in [-0.25, -0.2) is 4.68 Å². The Kier molecular flexibility index (Phi) is 4.27. The van der Waals surface area contributed by atoms with E-state index in [1.165, 1.54) is 44.9 Å². The molecule has 1 fully saturated rings. The van der Waals surface area contributed by atoms with Crippen LogP contribution in [0.1, 0.15) is 56.7 Å². The van der Waals surface area contributed by atoms with Gasteiger partial charge in [-0.1, -0.05) is 32.1 Å². The van der Waals surface area contributed by atoms with E-state index in [9.17, 15) is 0 Å². The fourth-order valence-corrected chi connectivity index (χ4v) is 2.50. The summed E-state index contributed by atoms with van der Waals surface area (Å²) in [4.78, 5) is 0. The zero-order valence-corrected chi connectivity index (χ0v) is 9.81. The Balaban J connectivity index is 2.04. The largest absolute Gasteiger partial charge is 0.329 e. The lowest BCUT2D eigenvalue weighted by molar-refractivity contribution is 0.422. The van der Waals surface area contributed by atoms with Crippen molar-refractivity contribution in [2.45, 2.75) is 57.4 Å². The van der Waals surface area contributed by atoms with Crippen molar-refractivity contribution >= 4 is 0 Å². The molecule has 5 heteroatoms. The summed E-state index contributed by atoms with van der Waals surface area (Å²) in [6.07, 6.45) is 9.17. The molecule has 0 atom stereocenters. The summed E-state index contributed by atoms with van der Waals surface area (Å²) in [5.41, 5.74) is 5.56. The van der Waals surface area contributed by atoms with Crippen LogP contribution >= 0.6 is 0 Å². The number of hydrogen-bond donors (Lipinski definition) is 1. The van der Waals surface area contributed by atoms with Crippen molar-refractivity contribution in [1.82, 2.24) is 20.2 Å². The second kappa shape index (κ2) is 5.94. The van der Waals surface area contributed by atoms with Crippen LogP contribution in [-0.4, -0.2) is 26.8 Å². The van der Waals surface area contributed by atoms with E-state index in [1.54, 1.807) is 0 Å². The second-order valence-electron chi connectivity index (χ2n) is 4.59. The average Bonchev–Trinajstić information content (AvgIpc) is 2.66. The van der Waals surface area contributed by atoms with E-state index in [2.05, 4.69) is 15.5 Å². The first-order chi connectivity index (χ1) is 7.92. The molecule has 90 valence electrons. The van der Waals surface area contributed by atoms with E-state index >= 15 is 0 Å². The highest BCUT2D eigenvalue weighted by Crippen LogP contribution is 2.29. The van der Waals surface area contributed by atoms with Gasteiger partial charge in [0.25, 0.3) is 0 Å². The minimum Gasteiger partial charge on any atom is -0.329 e. The third kappa shape index (κ3) is 2.78. The number of hydrogen-bond acceptors (Lipinski definition) is 4. The topological polar surface area (TPSA) is 69.6 Å². The molecule has 1 saturated carbocycles. The fraction of sp³-hybridized carbons (Fsp3) is 0.909. The molecule has 0 bridgehead atoms. The minimum atomic E-state index is 0.543. The second-order valence-corrected chi connectivity index (χ2v) is 4.59. The number of nitrogens with zero attached hydrogens (tertiary/aromatic N) is 4. The molecule has 16 heavy (non-hydrogen) atoms. The first-order valence-electron chi connectivity index (χ1n) is 6.38. The summed E-state index contributed by atoms with van der Waals surface area (Å²) in [6.45, 7) is 1.34. The molecule has 0 spiro atoms. The standard InChI is InChI=1S/C11H21N5/c12-8-9-16-11(13-14-15-16)10-6-4-2-1-3-5-7-10/h10H,1-9,12H2. The molecule has 0 unspecified atom stereocenters. The van der Waals surface area contributed by atoms with Gasteiger partial charge < -0.3 is 5.73 Å². The molecule has 1 aliphatic carbocycles. The quantitative estimate of drug-likeness (QED) is 0.842. The van der Waals surface area contributed by atoms with Crippen LogP contribution in [0.5, 0.6) is 0 Å². The summed E-state index contributed by atoms with van der Waals surface area (Å²) >= 11 is 0. The number of nitrogens with two attached hydrogens (primary N) is 1. The monoisotopic (exact) mass is 223 g/mol. The van der Waals surface area contributed by atoms with Crippen LogP contribution in [0, 0.1) is 0 Å². The molecule has 2 rings (SSSR count). The van der Waals surface area contributed by atoms with Crippen LogP contribution < -0.4 is 5.73 Å². The van der Waals surface area contributed by atoms with Crippen molar-refractivity contribution in [3.05, 3.63) is 5.82 Å². The van der Waals surface area contributed by atoms with Gasteiger partial charge >= 0.3 is 0 Å². The Morgan fingerprint density at radius 1 is 1.12 bits per heavy atom. The maximum atomic E-state index is 5.56. The molecule has 1 aromatic heterocycles. The Labute approximate surface area is 96.4 Å². The molecule has 0 aliphatic heterocycles. The van der Waals surface area contributed by atoms with Crippen molar-refractivity contribution in [2.24, 2.45) is 5.73 Å². The molecular formula is C11H21N5. The van der Waals surface area contributed by atoms with Gasteiger partial charge in [-0.05, 0) is 23.3 Å². The third-order valence-electron chi connectivity index (χ3n) is 3.37. The van der Waals surface area contributed by atoms with E-state index in [-0.39, 0.29) is 0 Å². The normalized spacial score (nSPS) is 19.3. The van der Waals surface area contributed by atoms with Crippen molar-refractivity contribution in [2.75, 3.05) is 6.54 Å². The van der Waals surface area contributed by atoms with Gasteiger partial charge in [0.1, 0.15) is 0 Å². The van der Waals surface area contributed by atoms with Crippen LogP contribution in [0.2, 0.25) is 0 Å². The van der Waals surface area contributed by atoms with Gasteiger partial charge in [0.15, 0.2) is 5.82 Å². The molecular weight excluding hydrogens is 202 g/mol. The number of aromatic nitrogens is 4. The minimum absolute atomic E-state index is 0.543. The average molecular weight is 223 g/mol. The molecule has 2 N–H and O–H groups in total. The maximum absolute atomic E-state index is 5.56. The highest BCUT2D eigenvalue weighted by Gasteiger charge is 2.19. The lowest BCUT2D eigenvalue weighted by Crippen LogP contribution is -2.17. The van der Waals surface area contributed by atoms with Gasteiger partial charge in [-0.3, -0.25) is 0 Å². The molecule has 1 heterocycles. The van der Waals surface area contributed by atoms with E-state index in [0.29, 0.717) is 12.5 Å². The molecule has 0 aromatic carbocycles. The van der Waals surface area contributed by atoms with Crippen molar-refractivity contribution in [1.29, 1.82) is 0 Å². The summed E-state index contributed by atoms with van der Waals surface area (Å²) < 4.78 is 1.88. The van der Waals surface area contributed by atoms with Gasteiger partial charge in [0.2, 0.25) is 0 Å². The lowest BCUT2D eigenvalue weighted by atomic mass is 9.90. The van der Waals surface area contributed by atoms with Crippen molar-refractivity contribution < 1.29 is 0 Å². The van der Waals surface area contributed by atoms with E-state index in [1.807, 2.05) is 4.68 Å². The fourth-order valence-electron chi connectivity index (χ4n) is 2.50. The van der Waals surface area contributed by atoms with Gasteiger partial charge in [0, 0.05) is 12.5 Å². The molecule has 1 aromatic rings. The smallest absolute Gasteiger partial charge is 0.154 e. The Hall–Kier alpha value is -0.970. The third-order valence-corrected chi connectivity index (χ3v) is 3.37. The summed E-state index contributed by atoms with van der Waals surface area (Å²) in [6, 6.07) is 0. The van der Waals surface area contributed by atoms with Gasteiger partial charge in [0.05, 0.1) is 6.54 Å². The van der Waals surface area contributed by atoms with Gasteiger partial charge in [-0.15, -0.1) is 5.10 Å². The van der Waals surface area contributed by atoms with Crippen LogP contribution in [0.25, 0.3) is 0 Å². The summed E-state index contributed by atoms with van der Waals surface area (Å²) in [5, 5.41) is 12.0. The van der Waals surface area contributed by atoms with E-state index in [0.717, 1.165) is 12.4 Å². The molecule has 0 radical (unpaired) electrons. The van der Waals surface area contributed by atoms with Gasteiger partial charge in [-0.2, -0.15) is 0 Å². The first kappa shape index (κ1) is 11.5. The number of tetrazole rings is 1. The highest BCUT2D eigenvalue weighted by molar-refractivity contribution is 4.94. The SMILES string of the molecule is NCCn1nnnc1C1CCCCCCC1.